The summed E-state index contributed by atoms with van der Waals surface area (Å²) in [7, 11) is 1.71. The molecule has 0 saturated carbocycles. The Morgan fingerprint density at radius 2 is 2.04 bits per heavy atom. The second-order valence-corrected chi connectivity index (χ2v) is 5.97. The highest BCUT2D eigenvalue weighted by atomic mass is 35.5. The molecular formula is C17H10ClN3O4. The zero-order valence-electron chi connectivity index (χ0n) is 12.9. The summed E-state index contributed by atoms with van der Waals surface area (Å²) in [6, 6.07) is 9.13. The summed E-state index contributed by atoms with van der Waals surface area (Å²) in [6.07, 6.45) is 1.37. The number of hydrogen-bond donors (Lipinski definition) is 0. The number of nitrogens with zero attached hydrogens (tertiary/aromatic N) is 3. The fourth-order valence-electron chi connectivity index (χ4n) is 2.79. The van der Waals surface area contributed by atoms with Crippen molar-refractivity contribution in [2.45, 2.75) is 0 Å². The predicted molar refractivity (Wildman–Crippen MR) is 95.9 cm³/mol. The van der Waals surface area contributed by atoms with E-state index in [1.165, 1.54) is 18.3 Å². The summed E-state index contributed by atoms with van der Waals surface area (Å²) in [4.78, 5) is 29.2. The molecular weight excluding hydrogens is 346 g/mol. The Balaban J connectivity index is 2.00. The molecule has 0 saturated heterocycles. The molecule has 2 aromatic carbocycles. The third kappa shape index (κ3) is 2.36. The Morgan fingerprint density at radius 1 is 1.24 bits per heavy atom. The van der Waals surface area contributed by atoms with Crippen molar-refractivity contribution in [3.63, 3.8) is 0 Å². The number of benzene rings is 2. The number of nitro groups is 1. The van der Waals surface area contributed by atoms with Crippen LogP contribution in [-0.2, 0) is 0 Å². The van der Waals surface area contributed by atoms with E-state index in [1.807, 2.05) is 0 Å². The van der Waals surface area contributed by atoms with Crippen molar-refractivity contribution >= 4 is 51.7 Å². The number of nitro benzene ring substituents is 1. The number of rotatable bonds is 1. The lowest BCUT2D eigenvalue weighted by atomic mass is 10.1. The molecule has 3 aromatic rings. The number of halogens is 1. The Hall–Kier alpha value is -3.19. The number of aliphatic imine (C=N–C) groups is 1. The van der Waals surface area contributed by atoms with Crippen LogP contribution in [0.15, 0.2) is 50.6 Å². The summed E-state index contributed by atoms with van der Waals surface area (Å²) >= 11 is 5.97. The van der Waals surface area contributed by atoms with Crippen LogP contribution in [0.3, 0.4) is 0 Å². The van der Waals surface area contributed by atoms with Gasteiger partial charge in [-0.1, -0.05) is 11.6 Å². The lowest BCUT2D eigenvalue weighted by Crippen LogP contribution is -2.17. The third-order valence-corrected chi connectivity index (χ3v) is 4.27. The highest BCUT2D eigenvalue weighted by molar-refractivity contribution is 6.31. The predicted octanol–water partition coefficient (Wildman–Crippen LogP) is 4.19. The maximum Gasteiger partial charge on any atom is 0.271 e. The third-order valence-electron chi connectivity index (χ3n) is 4.04. The minimum Gasteiger partial charge on any atom is -0.439 e. The Morgan fingerprint density at radius 3 is 2.80 bits per heavy atom. The maximum absolute atomic E-state index is 12.8. The van der Waals surface area contributed by atoms with Gasteiger partial charge in [-0.2, -0.15) is 0 Å². The van der Waals surface area contributed by atoms with E-state index in [0.717, 1.165) is 0 Å². The van der Waals surface area contributed by atoms with Gasteiger partial charge in [-0.05, 0) is 24.3 Å². The molecule has 0 unspecified atom stereocenters. The lowest BCUT2D eigenvalue weighted by molar-refractivity contribution is -0.384. The normalized spacial score (nSPS) is 12.6. The molecule has 8 heteroatoms. The van der Waals surface area contributed by atoms with Gasteiger partial charge in [0.1, 0.15) is 11.1 Å². The van der Waals surface area contributed by atoms with Gasteiger partial charge in [-0.15, -0.1) is 0 Å². The van der Waals surface area contributed by atoms with Gasteiger partial charge in [0.2, 0.25) is 11.3 Å². The van der Waals surface area contributed by atoms with Crippen molar-refractivity contribution in [2.75, 3.05) is 11.9 Å². The lowest BCUT2D eigenvalue weighted by Gasteiger charge is -2.19. The quantitative estimate of drug-likeness (QED) is 0.482. The van der Waals surface area contributed by atoms with Gasteiger partial charge in [0, 0.05) is 30.4 Å². The van der Waals surface area contributed by atoms with Crippen molar-refractivity contribution in [1.82, 2.24) is 0 Å². The van der Waals surface area contributed by atoms with E-state index in [2.05, 4.69) is 4.99 Å². The summed E-state index contributed by atoms with van der Waals surface area (Å²) in [5.74, 6) is 0.316. The van der Waals surface area contributed by atoms with Crippen molar-refractivity contribution in [3.8, 4) is 0 Å². The summed E-state index contributed by atoms with van der Waals surface area (Å²) in [6.45, 7) is 0. The number of hydrogen-bond acceptors (Lipinski definition) is 6. The molecule has 2 heterocycles. The van der Waals surface area contributed by atoms with E-state index in [-0.39, 0.29) is 16.7 Å². The largest absolute Gasteiger partial charge is 0.439 e. The minimum absolute atomic E-state index is 0.0773. The molecule has 4 rings (SSSR count). The van der Waals surface area contributed by atoms with Crippen LogP contribution < -0.4 is 10.3 Å². The molecule has 0 bridgehead atoms. The van der Waals surface area contributed by atoms with Gasteiger partial charge >= 0.3 is 0 Å². The van der Waals surface area contributed by atoms with Crippen molar-refractivity contribution in [1.29, 1.82) is 0 Å². The van der Waals surface area contributed by atoms with E-state index >= 15 is 0 Å². The zero-order chi connectivity index (χ0) is 17.7. The smallest absolute Gasteiger partial charge is 0.271 e. The van der Waals surface area contributed by atoms with Crippen molar-refractivity contribution < 1.29 is 9.34 Å². The van der Waals surface area contributed by atoms with E-state index in [0.29, 0.717) is 33.3 Å². The number of non-ortho nitro benzene ring substituents is 1. The molecule has 25 heavy (non-hydrogen) atoms. The molecule has 0 spiro atoms. The Labute approximate surface area is 145 Å². The van der Waals surface area contributed by atoms with Crippen LogP contribution in [0.25, 0.3) is 11.0 Å². The molecule has 0 amide bonds. The van der Waals surface area contributed by atoms with Gasteiger partial charge in [-0.25, -0.2) is 0 Å². The molecule has 124 valence electrons. The van der Waals surface area contributed by atoms with Crippen LogP contribution in [0, 0.1) is 10.1 Å². The van der Waals surface area contributed by atoms with Crippen LogP contribution in [0.2, 0.25) is 5.02 Å². The second kappa shape index (κ2) is 5.42. The highest BCUT2D eigenvalue weighted by Crippen LogP contribution is 2.39. The topological polar surface area (TPSA) is 88.9 Å². The van der Waals surface area contributed by atoms with Crippen molar-refractivity contribution in [2.24, 2.45) is 4.99 Å². The summed E-state index contributed by atoms with van der Waals surface area (Å²) in [5.41, 5.74) is 1.29. The van der Waals surface area contributed by atoms with Crippen molar-refractivity contribution in [3.05, 3.63) is 67.3 Å². The van der Waals surface area contributed by atoms with Crippen LogP contribution in [0.5, 0.6) is 0 Å². The van der Waals surface area contributed by atoms with E-state index in [1.54, 1.807) is 36.2 Å². The van der Waals surface area contributed by atoms with E-state index in [4.69, 9.17) is 16.0 Å². The first-order valence-corrected chi connectivity index (χ1v) is 7.66. The fourth-order valence-corrected chi connectivity index (χ4v) is 2.96. The standard InChI is InChI=1S/C17H10ClN3O4/c1-20-14-4-3-10(21(23)24)7-13(14)19-8-12-16(22)11-6-9(18)2-5-15(11)25-17(12)20/h2-8H,1H3. The first-order valence-electron chi connectivity index (χ1n) is 7.28. The van der Waals surface area contributed by atoms with Crippen LogP contribution in [0.4, 0.5) is 22.9 Å². The molecule has 0 atom stereocenters. The fraction of sp³-hybridized carbons (Fsp3) is 0.0588. The Kier molecular flexibility index (Phi) is 3.33. The van der Waals surface area contributed by atoms with Gasteiger partial charge in [-0.3, -0.25) is 19.9 Å². The molecule has 1 aliphatic heterocycles. The van der Waals surface area contributed by atoms with Crippen LogP contribution in [0.1, 0.15) is 5.56 Å². The number of anilines is 2. The average Bonchev–Trinajstić information content (AvgIpc) is 2.73. The highest BCUT2D eigenvalue weighted by Gasteiger charge is 2.23. The molecule has 0 fully saturated rings. The summed E-state index contributed by atoms with van der Waals surface area (Å²) in [5, 5.41) is 11.8. The van der Waals surface area contributed by atoms with E-state index in [9.17, 15) is 14.9 Å². The first kappa shape index (κ1) is 15.3. The van der Waals surface area contributed by atoms with Gasteiger partial charge in [0.05, 0.1) is 21.7 Å². The van der Waals surface area contributed by atoms with Crippen LogP contribution in [-0.4, -0.2) is 18.2 Å². The van der Waals surface area contributed by atoms with Crippen LogP contribution >= 0.6 is 11.6 Å². The van der Waals surface area contributed by atoms with Gasteiger partial charge < -0.3 is 9.32 Å². The Bertz CT molecular complexity index is 1140. The second-order valence-electron chi connectivity index (χ2n) is 5.54. The molecule has 0 aliphatic carbocycles. The molecule has 0 radical (unpaired) electrons. The van der Waals surface area contributed by atoms with Gasteiger partial charge in [0.15, 0.2) is 0 Å². The molecule has 0 N–H and O–H groups in total. The maximum atomic E-state index is 12.8. The minimum atomic E-state index is -0.493. The molecule has 1 aromatic heterocycles. The summed E-state index contributed by atoms with van der Waals surface area (Å²) < 4.78 is 5.89. The molecule has 7 nitrogen and oxygen atoms in total. The average molecular weight is 356 g/mol. The van der Waals surface area contributed by atoms with E-state index < -0.39 is 4.92 Å². The monoisotopic (exact) mass is 355 g/mol. The molecule has 1 aliphatic rings. The van der Waals surface area contributed by atoms with Gasteiger partial charge in [0.25, 0.3) is 5.69 Å². The number of fused-ring (bicyclic) bond motifs is 3. The SMILES string of the molecule is CN1c2ccc([N+](=O)[O-])cc2N=Cc2c1oc1ccc(Cl)cc1c2=O. The first-order chi connectivity index (χ1) is 12.0. The zero-order valence-corrected chi connectivity index (χ0v) is 13.6.